The van der Waals surface area contributed by atoms with Gasteiger partial charge in [0.05, 0.1) is 0 Å². The first-order valence-electron chi connectivity index (χ1n) is 9.61. The average Bonchev–Trinajstić information content (AvgIpc) is 3.25. The van der Waals surface area contributed by atoms with Gasteiger partial charge in [-0.05, 0) is 77.6 Å². The number of nitrogens with zero attached hydrogens (tertiary/aromatic N) is 3. The first kappa shape index (κ1) is 18.2. The Bertz CT molecular complexity index is 590. The third-order valence-corrected chi connectivity index (χ3v) is 4.78. The normalized spacial score (nSPS) is 21.4. The van der Waals surface area contributed by atoms with E-state index in [9.17, 15) is 4.79 Å². The van der Waals surface area contributed by atoms with Crippen molar-refractivity contribution in [1.29, 1.82) is 0 Å². The van der Waals surface area contributed by atoms with Crippen molar-refractivity contribution in [2.75, 3.05) is 18.0 Å². The van der Waals surface area contributed by atoms with Gasteiger partial charge in [0, 0.05) is 18.3 Å². The fourth-order valence-corrected chi connectivity index (χ4v) is 3.57. The number of aromatic nitrogens is 1. The molecule has 0 bridgehead atoms. The summed E-state index contributed by atoms with van der Waals surface area (Å²) in [5.74, 6) is 0.709. The summed E-state index contributed by atoms with van der Waals surface area (Å²) in [6.07, 6.45) is 7.33. The first-order valence-corrected chi connectivity index (χ1v) is 9.61. The number of anilines is 1. The van der Waals surface area contributed by atoms with Gasteiger partial charge in [-0.15, -0.1) is 0 Å². The molecule has 2 aliphatic rings. The van der Waals surface area contributed by atoms with Crippen LogP contribution in [0.3, 0.4) is 0 Å². The Morgan fingerprint density at radius 3 is 2.64 bits per heavy atom. The maximum atomic E-state index is 12.6. The lowest BCUT2D eigenvalue weighted by Crippen LogP contribution is -2.38. The van der Waals surface area contributed by atoms with Gasteiger partial charge in [-0.2, -0.15) is 0 Å². The second kappa shape index (κ2) is 7.32. The van der Waals surface area contributed by atoms with Crippen molar-refractivity contribution in [1.82, 2.24) is 9.88 Å². The lowest BCUT2D eigenvalue weighted by atomic mass is 10.1. The molecule has 0 radical (unpaired) electrons. The van der Waals surface area contributed by atoms with Crippen LogP contribution in [0.2, 0.25) is 0 Å². The summed E-state index contributed by atoms with van der Waals surface area (Å²) in [5.41, 5.74) is 0.768. The van der Waals surface area contributed by atoms with E-state index in [0.717, 1.165) is 19.4 Å². The second-order valence-corrected chi connectivity index (χ2v) is 8.23. The molecule has 0 N–H and O–H groups in total. The second-order valence-electron chi connectivity index (χ2n) is 8.23. The molecule has 0 unspecified atom stereocenters. The van der Waals surface area contributed by atoms with Gasteiger partial charge in [0.1, 0.15) is 11.4 Å². The van der Waals surface area contributed by atoms with E-state index in [4.69, 9.17) is 4.74 Å². The lowest BCUT2D eigenvalue weighted by Gasteiger charge is -2.27. The molecule has 1 saturated carbocycles. The van der Waals surface area contributed by atoms with Crippen molar-refractivity contribution in [3.63, 3.8) is 0 Å². The zero-order chi connectivity index (χ0) is 18.0. The van der Waals surface area contributed by atoms with Crippen LogP contribution >= 0.6 is 0 Å². The molecule has 1 aliphatic carbocycles. The quantitative estimate of drug-likeness (QED) is 0.786. The Balaban J connectivity index is 1.74. The molecule has 5 nitrogen and oxygen atoms in total. The molecule has 1 amide bonds. The van der Waals surface area contributed by atoms with Gasteiger partial charge >= 0.3 is 6.09 Å². The smallest absolute Gasteiger partial charge is 0.416 e. The molecule has 2 heterocycles. The molecule has 5 heteroatoms. The molecule has 1 aliphatic heterocycles. The molecule has 3 rings (SSSR count). The first-order chi connectivity index (χ1) is 11.9. The Kier molecular flexibility index (Phi) is 5.32. The third-order valence-electron chi connectivity index (χ3n) is 4.78. The summed E-state index contributed by atoms with van der Waals surface area (Å²) in [6, 6.07) is 4.83. The van der Waals surface area contributed by atoms with Gasteiger partial charge < -0.3 is 4.74 Å². The van der Waals surface area contributed by atoms with E-state index in [2.05, 4.69) is 22.9 Å². The number of hydrogen-bond donors (Lipinski definition) is 0. The van der Waals surface area contributed by atoms with Gasteiger partial charge in [-0.25, -0.2) is 9.78 Å². The summed E-state index contributed by atoms with van der Waals surface area (Å²) in [6.45, 7) is 10.2. The van der Waals surface area contributed by atoms with Crippen LogP contribution in [-0.4, -0.2) is 40.7 Å². The van der Waals surface area contributed by atoms with Gasteiger partial charge in [0.15, 0.2) is 0 Å². The SMILES string of the molecule is CCCN1CCC[C@@H]1c1ccc(N(C(=O)OC(C)(C)C)C2CC2)nc1. The highest BCUT2D eigenvalue weighted by Gasteiger charge is 2.37. The highest BCUT2D eigenvalue weighted by molar-refractivity contribution is 5.88. The summed E-state index contributed by atoms with van der Waals surface area (Å²) in [4.78, 5) is 21.5. The molecule has 0 spiro atoms. The Morgan fingerprint density at radius 2 is 2.08 bits per heavy atom. The minimum absolute atomic E-state index is 0.233. The van der Waals surface area contributed by atoms with E-state index in [1.165, 1.54) is 31.4 Å². The van der Waals surface area contributed by atoms with Crippen molar-refractivity contribution < 1.29 is 9.53 Å². The van der Waals surface area contributed by atoms with Crippen molar-refractivity contribution in [3.8, 4) is 0 Å². The standard InChI is InChI=1S/C20H31N3O2/c1-5-12-22-13-6-7-17(22)15-8-11-18(21-14-15)23(16-9-10-16)19(24)25-20(2,3)4/h8,11,14,16-17H,5-7,9-10,12-13H2,1-4H3/t17-/m1/s1. The van der Waals surface area contributed by atoms with Crippen LogP contribution in [-0.2, 0) is 4.74 Å². The van der Waals surface area contributed by atoms with Crippen LogP contribution in [0.25, 0.3) is 0 Å². The molecule has 1 atom stereocenters. The number of carbonyl (C=O) groups excluding carboxylic acids is 1. The number of likely N-dealkylation sites (tertiary alicyclic amines) is 1. The number of amides is 1. The van der Waals surface area contributed by atoms with Crippen LogP contribution in [0.15, 0.2) is 18.3 Å². The van der Waals surface area contributed by atoms with Crippen LogP contribution in [0.1, 0.15) is 71.4 Å². The Morgan fingerprint density at radius 1 is 1.32 bits per heavy atom. The van der Waals surface area contributed by atoms with Crippen molar-refractivity contribution in [2.24, 2.45) is 0 Å². The summed E-state index contributed by atoms with van der Waals surface area (Å²) < 4.78 is 5.57. The fraction of sp³-hybridized carbons (Fsp3) is 0.700. The number of carbonyl (C=O) groups is 1. The summed E-state index contributed by atoms with van der Waals surface area (Å²) >= 11 is 0. The van der Waals surface area contributed by atoms with Gasteiger partial charge in [0.2, 0.25) is 0 Å². The number of rotatable bonds is 5. The van der Waals surface area contributed by atoms with Crippen molar-refractivity contribution in [3.05, 3.63) is 23.9 Å². The van der Waals surface area contributed by atoms with E-state index in [1.807, 2.05) is 33.0 Å². The number of pyridine rings is 1. The van der Waals surface area contributed by atoms with Crippen LogP contribution in [0.4, 0.5) is 10.6 Å². The highest BCUT2D eigenvalue weighted by atomic mass is 16.6. The Hall–Kier alpha value is -1.62. The molecular formula is C20H31N3O2. The monoisotopic (exact) mass is 345 g/mol. The Labute approximate surface area is 151 Å². The van der Waals surface area contributed by atoms with Gasteiger partial charge in [-0.1, -0.05) is 13.0 Å². The zero-order valence-electron chi connectivity index (χ0n) is 16.0. The molecule has 1 aromatic heterocycles. The van der Waals surface area contributed by atoms with E-state index < -0.39 is 5.60 Å². The summed E-state index contributed by atoms with van der Waals surface area (Å²) in [7, 11) is 0. The van der Waals surface area contributed by atoms with Crippen LogP contribution in [0.5, 0.6) is 0 Å². The van der Waals surface area contributed by atoms with E-state index in [0.29, 0.717) is 11.9 Å². The van der Waals surface area contributed by atoms with Gasteiger partial charge in [-0.3, -0.25) is 9.80 Å². The van der Waals surface area contributed by atoms with E-state index >= 15 is 0 Å². The molecule has 0 aromatic carbocycles. The van der Waals surface area contributed by atoms with E-state index in [1.54, 1.807) is 4.90 Å². The van der Waals surface area contributed by atoms with Crippen molar-refractivity contribution >= 4 is 11.9 Å². The molecule has 138 valence electrons. The molecule has 1 aromatic rings. The minimum atomic E-state index is -0.491. The van der Waals surface area contributed by atoms with Crippen molar-refractivity contribution in [2.45, 2.75) is 77.5 Å². The van der Waals surface area contributed by atoms with Crippen LogP contribution < -0.4 is 4.90 Å². The predicted octanol–water partition coefficient (Wildman–Crippen LogP) is 4.53. The van der Waals surface area contributed by atoms with E-state index in [-0.39, 0.29) is 12.1 Å². The number of hydrogen-bond acceptors (Lipinski definition) is 4. The lowest BCUT2D eigenvalue weighted by molar-refractivity contribution is 0.0576. The summed E-state index contributed by atoms with van der Waals surface area (Å²) in [5, 5.41) is 0. The van der Waals surface area contributed by atoms with Gasteiger partial charge in [0.25, 0.3) is 0 Å². The minimum Gasteiger partial charge on any atom is -0.443 e. The van der Waals surface area contributed by atoms with Crippen LogP contribution in [0, 0.1) is 0 Å². The largest absolute Gasteiger partial charge is 0.443 e. The molecular weight excluding hydrogens is 314 g/mol. The molecule has 2 fully saturated rings. The third kappa shape index (κ3) is 4.51. The topological polar surface area (TPSA) is 45.7 Å². The fourth-order valence-electron chi connectivity index (χ4n) is 3.57. The maximum absolute atomic E-state index is 12.6. The predicted molar refractivity (Wildman–Crippen MR) is 99.8 cm³/mol. The zero-order valence-corrected chi connectivity index (χ0v) is 16.0. The average molecular weight is 345 g/mol. The molecule has 25 heavy (non-hydrogen) atoms. The maximum Gasteiger partial charge on any atom is 0.416 e. The highest BCUT2D eigenvalue weighted by Crippen LogP contribution is 2.35. The molecule has 1 saturated heterocycles. The number of ether oxygens (including phenoxy) is 1.